The molecule has 1 aromatic carbocycles. The number of nitrogens with zero attached hydrogens (tertiary/aromatic N) is 3. The number of alkyl halides is 6. The first-order valence-corrected chi connectivity index (χ1v) is 12.4. The Morgan fingerprint density at radius 1 is 1.02 bits per heavy atom. The molecule has 1 saturated heterocycles. The van der Waals surface area contributed by atoms with Gasteiger partial charge in [-0.2, -0.15) is 36.3 Å². The van der Waals surface area contributed by atoms with Gasteiger partial charge < -0.3 is 39.8 Å². The Morgan fingerprint density at radius 3 is 2.26 bits per heavy atom. The van der Waals surface area contributed by atoms with Crippen LogP contribution in [0.15, 0.2) is 18.3 Å². The molecule has 2 aromatic heterocycles. The summed E-state index contributed by atoms with van der Waals surface area (Å²) in [5.41, 5.74) is -0.0512. The summed E-state index contributed by atoms with van der Waals surface area (Å²) in [5.74, 6) is -2.25. The summed E-state index contributed by atoms with van der Waals surface area (Å²) in [6.07, 6.45) is -8.78. The number of H-pyrrole nitrogens is 1. The van der Waals surface area contributed by atoms with Crippen molar-refractivity contribution in [2.45, 2.75) is 19.3 Å². The molecular weight excluding hydrogens is 582 g/mol. The van der Waals surface area contributed by atoms with Crippen molar-refractivity contribution in [1.29, 1.82) is 0 Å². The van der Waals surface area contributed by atoms with Gasteiger partial charge in [-0.15, -0.1) is 0 Å². The summed E-state index contributed by atoms with van der Waals surface area (Å²) in [5, 5.41) is 12.9. The van der Waals surface area contributed by atoms with Gasteiger partial charge >= 0.3 is 18.3 Å². The number of aromatic amines is 1. The molecule has 2 aliphatic heterocycles. The number of carboxylic acids is 1. The number of hydrogen-bond acceptors (Lipinski definition) is 9. The molecule has 0 saturated carbocycles. The molecule has 0 radical (unpaired) electrons. The quantitative estimate of drug-likeness (QED) is 0.314. The smallest absolute Gasteiger partial charge is 0.485 e. The molecule has 18 heteroatoms. The van der Waals surface area contributed by atoms with Crippen LogP contribution in [-0.2, 0) is 15.7 Å². The molecular formula is C24H24F6N6O6. The van der Waals surface area contributed by atoms with Crippen molar-refractivity contribution in [1.82, 2.24) is 19.9 Å². The number of anilines is 3. The van der Waals surface area contributed by atoms with Crippen LogP contribution in [0.4, 0.5) is 43.8 Å². The van der Waals surface area contributed by atoms with E-state index < -0.39 is 23.9 Å². The minimum atomic E-state index is -5.08. The second-order valence-corrected chi connectivity index (χ2v) is 8.70. The number of halogens is 6. The number of ether oxygens (including phenoxy) is 3. The summed E-state index contributed by atoms with van der Waals surface area (Å²) >= 11 is 0. The molecule has 2 aliphatic rings. The summed E-state index contributed by atoms with van der Waals surface area (Å²) in [6, 6.07) is 3.26. The fraction of sp³-hybridized carbons (Fsp3) is 0.417. The van der Waals surface area contributed by atoms with Crippen LogP contribution in [0, 0.1) is 0 Å². The average Bonchev–Trinajstić information content (AvgIpc) is 3.39. The first-order valence-electron chi connectivity index (χ1n) is 12.4. The number of aromatic nitrogens is 3. The second kappa shape index (κ2) is 12.2. The molecule has 1 amide bonds. The lowest BCUT2D eigenvalue weighted by molar-refractivity contribution is -0.192. The molecule has 42 heavy (non-hydrogen) atoms. The van der Waals surface area contributed by atoms with Crippen molar-refractivity contribution in [2.24, 2.45) is 0 Å². The Bertz CT molecular complexity index is 1450. The number of hydrogen-bond donors (Lipinski definition) is 4. The Hall–Kier alpha value is -4.48. The topological polar surface area (TPSA) is 151 Å². The Balaban J connectivity index is 0.000000517. The molecule has 1 fully saturated rings. The van der Waals surface area contributed by atoms with Crippen LogP contribution in [0.5, 0.6) is 11.5 Å². The minimum Gasteiger partial charge on any atom is -0.485 e. The monoisotopic (exact) mass is 606 g/mol. The number of morpholine rings is 1. The fourth-order valence-electron chi connectivity index (χ4n) is 4.07. The molecule has 3 aromatic rings. The number of nitrogens with one attached hydrogen (secondary N) is 3. The predicted octanol–water partition coefficient (Wildman–Crippen LogP) is 4.03. The van der Waals surface area contributed by atoms with Gasteiger partial charge in [0.15, 0.2) is 11.5 Å². The van der Waals surface area contributed by atoms with E-state index in [1.54, 1.807) is 24.0 Å². The van der Waals surface area contributed by atoms with E-state index in [2.05, 4.69) is 25.6 Å². The van der Waals surface area contributed by atoms with Gasteiger partial charge in [0.05, 0.1) is 35.4 Å². The highest BCUT2D eigenvalue weighted by Gasteiger charge is 2.38. The third kappa shape index (κ3) is 6.69. The molecule has 0 bridgehead atoms. The summed E-state index contributed by atoms with van der Waals surface area (Å²) in [4.78, 5) is 34.7. The number of carbonyl (C=O) groups excluding carboxylic acids is 1. The third-order valence-corrected chi connectivity index (χ3v) is 5.89. The fourth-order valence-corrected chi connectivity index (χ4v) is 4.07. The lowest BCUT2D eigenvalue weighted by Gasteiger charge is -2.29. The molecule has 12 nitrogen and oxygen atoms in total. The van der Waals surface area contributed by atoms with Gasteiger partial charge in [-0.25, -0.2) is 4.79 Å². The van der Waals surface area contributed by atoms with Gasteiger partial charge in [0.2, 0.25) is 5.95 Å². The van der Waals surface area contributed by atoms with Gasteiger partial charge in [-0.05, 0) is 19.1 Å². The van der Waals surface area contributed by atoms with Gasteiger partial charge in [0, 0.05) is 25.8 Å². The van der Waals surface area contributed by atoms with Crippen LogP contribution in [0.25, 0.3) is 11.0 Å². The van der Waals surface area contributed by atoms with E-state index in [0.29, 0.717) is 55.6 Å². The van der Waals surface area contributed by atoms with E-state index in [4.69, 9.17) is 24.1 Å². The van der Waals surface area contributed by atoms with Gasteiger partial charge in [-0.1, -0.05) is 0 Å². The van der Waals surface area contributed by atoms with Crippen molar-refractivity contribution in [3.8, 4) is 11.5 Å². The number of fused-ring (bicyclic) bond motifs is 2. The van der Waals surface area contributed by atoms with E-state index in [-0.39, 0.29) is 41.9 Å². The number of aliphatic carboxylic acids is 1. The van der Waals surface area contributed by atoms with Crippen molar-refractivity contribution in [3.63, 3.8) is 0 Å². The zero-order chi connectivity index (χ0) is 30.7. The standard InChI is InChI=1S/C22H23F3N6O4.C2HF3O2/c1-2-26-18-15-13(22(23,24)25)11-27-19(15)30-21(29-18)28-14-4-3-12(16-17(14)35-10-9-34-16)20(32)31-5-7-33-8-6-31;3-2(4,5)1(6)7/h3-4,11H,2,5-10H2,1H3,(H3,26,27,28,29,30);(H,6,7). The Kier molecular flexibility index (Phi) is 8.83. The Morgan fingerprint density at radius 2 is 1.67 bits per heavy atom. The first-order chi connectivity index (χ1) is 19.8. The van der Waals surface area contributed by atoms with E-state index in [1.807, 2.05) is 0 Å². The van der Waals surface area contributed by atoms with Crippen LogP contribution in [0.1, 0.15) is 22.8 Å². The molecule has 5 rings (SSSR count). The molecule has 228 valence electrons. The maximum atomic E-state index is 13.5. The van der Waals surface area contributed by atoms with Crippen molar-refractivity contribution < 1.29 is 55.2 Å². The second-order valence-electron chi connectivity index (χ2n) is 8.70. The zero-order valence-corrected chi connectivity index (χ0v) is 21.8. The van der Waals surface area contributed by atoms with Gasteiger partial charge in [0.25, 0.3) is 5.91 Å². The number of amides is 1. The summed E-state index contributed by atoms with van der Waals surface area (Å²) in [6.45, 7) is 4.55. The molecule has 4 heterocycles. The van der Waals surface area contributed by atoms with Crippen LogP contribution < -0.4 is 20.1 Å². The van der Waals surface area contributed by atoms with Gasteiger partial charge in [-0.3, -0.25) is 4.79 Å². The SMILES string of the molecule is CCNc1nc(Nc2ccc(C(=O)N3CCOCC3)c3c2OCCO3)nc2[nH]cc(C(F)(F)F)c12.O=C(O)C(F)(F)F. The summed E-state index contributed by atoms with van der Waals surface area (Å²) < 4.78 is 89.0. The average molecular weight is 606 g/mol. The molecule has 0 atom stereocenters. The van der Waals surface area contributed by atoms with Crippen molar-refractivity contribution in [2.75, 3.05) is 56.7 Å². The van der Waals surface area contributed by atoms with E-state index >= 15 is 0 Å². The lowest BCUT2D eigenvalue weighted by Crippen LogP contribution is -2.41. The largest absolute Gasteiger partial charge is 0.490 e. The van der Waals surface area contributed by atoms with Crippen molar-refractivity contribution in [3.05, 3.63) is 29.5 Å². The first kappa shape index (κ1) is 30.5. The maximum Gasteiger partial charge on any atom is 0.490 e. The third-order valence-electron chi connectivity index (χ3n) is 5.89. The number of carbonyl (C=O) groups is 2. The molecule has 0 spiro atoms. The number of benzene rings is 1. The van der Waals surface area contributed by atoms with Crippen LogP contribution in [0.2, 0.25) is 0 Å². The minimum absolute atomic E-state index is 0.0240. The maximum absolute atomic E-state index is 13.5. The van der Waals surface area contributed by atoms with E-state index in [0.717, 1.165) is 6.20 Å². The lowest BCUT2D eigenvalue weighted by atomic mass is 10.1. The van der Waals surface area contributed by atoms with Crippen molar-refractivity contribution >= 4 is 40.4 Å². The molecule has 0 aliphatic carbocycles. The normalized spacial score (nSPS) is 15.1. The molecule has 0 unspecified atom stereocenters. The van der Waals surface area contributed by atoms with Crippen LogP contribution in [-0.4, -0.2) is 89.1 Å². The van der Waals surface area contributed by atoms with Crippen LogP contribution in [0.3, 0.4) is 0 Å². The van der Waals surface area contributed by atoms with Crippen LogP contribution >= 0.6 is 0 Å². The predicted molar refractivity (Wildman–Crippen MR) is 134 cm³/mol. The highest BCUT2D eigenvalue weighted by Crippen LogP contribution is 2.43. The number of rotatable bonds is 5. The summed E-state index contributed by atoms with van der Waals surface area (Å²) in [7, 11) is 0. The van der Waals surface area contributed by atoms with E-state index in [1.165, 1.54) is 0 Å². The highest BCUT2D eigenvalue weighted by molar-refractivity contribution is 5.99. The molecule has 4 N–H and O–H groups in total. The Labute approximate surface area is 233 Å². The number of carboxylic acid groups (broad SMARTS) is 1. The zero-order valence-electron chi connectivity index (χ0n) is 21.8. The van der Waals surface area contributed by atoms with Gasteiger partial charge in [0.1, 0.15) is 24.7 Å². The highest BCUT2D eigenvalue weighted by atomic mass is 19.4. The van der Waals surface area contributed by atoms with E-state index in [9.17, 15) is 31.1 Å².